The molecule has 1 unspecified atom stereocenters. The maximum atomic E-state index is 5.24. The van der Waals surface area contributed by atoms with E-state index >= 15 is 0 Å². The normalized spacial score (nSPS) is 17.8. The Morgan fingerprint density at radius 2 is 1.93 bits per heavy atom. The molecule has 152 valence electrons. The van der Waals surface area contributed by atoms with Gasteiger partial charge in [-0.05, 0) is 62.7 Å². The second-order valence-corrected chi connectivity index (χ2v) is 8.46. The van der Waals surface area contributed by atoms with Gasteiger partial charge in [0.2, 0.25) is 0 Å². The van der Waals surface area contributed by atoms with Gasteiger partial charge in [-0.15, -0.1) is 0 Å². The van der Waals surface area contributed by atoms with Gasteiger partial charge >= 0.3 is 0 Å². The van der Waals surface area contributed by atoms with Crippen molar-refractivity contribution in [3.63, 3.8) is 0 Å². The summed E-state index contributed by atoms with van der Waals surface area (Å²) in [7, 11) is 3.92. The molecule has 1 aromatic heterocycles. The van der Waals surface area contributed by atoms with E-state index in [0.717, 1.165) is 42.9 Å². The highest BCUT2D eigenvalue weighted by molar-refractivity contribution is 7.98. The molecule has 1 aliphatic heterocycles. The molecular formula is C22H32N4OS. The quantitative estimate of drug-likeness (QED) is 0.473. The number of benzene rings is 1. The van der Waals surface area contributed by atoms with Gasteiger partial charge < -0.3 is 14.5 Å². The summed E-state index contributed by atoms with van der Waals surface area (Å²) in [6.07, 6.45) is 9.64. The summed E-state index contributed by atoms with van der Waals surface area (Å²) in [5.41, 5.74) is 2.57. The average Bonchev–Trinajstić information content (AvgIpc) is 2.73. The minimum absolute atomic E-state index is 0.737. The highest BCUT2D eigenvalue weighted by Crippen LogP contribution is 2.19. The van der Waals surface area contributed by atoms with Gasteiger partial charge in [0.1, 0.15) is 5.75 Å². The van der Waals surface area contributed by atoms with Crippen molar-refractivity contribution < 1.29 is 4.74 Å². The number of methoxy groups -OCH3 is 1. The van der Waals surface area contributed by atoms with Crippen LogP contribution < -0.4 is 4.74 Å². The zero-order chi connectivity index (χ0) is 19.8. The van der Waals surface area contributed by atoms with E-state index in [1.165, 1.54) is 37.1 Å². The minimum atomic E-state index is 0.737. The molecule has 0 radical (unpaired) electrons. The molecule has 2 aromatic rings. The monoisotopic (exact) mass is 400 g/mol. The van der Waals surface area contributed by atoms with Crippen molar-refractivity contribution in [2.24, 2.45) is 5.92 Å². The Morgan fingerprint density at radius 3 is 2.61 bits per heavy atom. The maximum absolute atomic E-state index is 5.24. The molecule has 3 rings (SSSR count). The van der Waals surface area contributed by atoms with E-state index in [-0.39, 0.29) is 0 Å². The lowest BCUT2D eigenvalue weighted by molar-refractivity contribution is 0.142. The fraction of sp³-hybridized carbons (Fsp3) is 0.545. The lowest BCUT2D eigenvalue weighted by atomic mass is 9.97. The molecule has 1 aliphatic rings. The summed E-state index contributed by atoms with van der Waals surface area (Å²) in [5.74, 6) is 1.67. The number of aromatic nitrogens is 2. The van der Waals surface area contributed by atoms with E-state index in [1.807, 2.05) is 18.6 Å². The number of hydrogen-bond acceptors (Lipinski definition) is 6. The number of hydrogen-bond donors (Lipinski definition) is 0. The van der Waals surface area contributed by atoms with Crippen LogP contribution in [0, 0.1) is 5.92 Å². The van der Waals surface area contributed by atoms with Gasteiger partial charge in [0.25, 0.3) is 0 Å². The van der Waals surface area contributed by atoms with Crippen molar-refractivity contribution in [2.45, 2.75) is 31.0 Å². The maximum Gasteiger partial charge on any atom is 0.187 e. The van der Waals surface area contributed by atoms with Crippen LogP contribution in [0.3, 0.4) is 0 Å². The summed E-state index contributed by atoms with van der Waals surface area (Å²) < 4.78 is 5.24. The fourth-order valence-electron chi connectivity index (χ4n) is 3.93. The largest absolute Gasteiger partial charge is 0.497 e. The van der Waals surface area contributed by atoms with Crippen molar-refractivity contribution in [3.05, 3.63) is 47.8 Å². The van der Waals surface area contributed by atoms with E-state index in [4.69, 9.17) is 4.74 Å². The highest BCUT2D eigenvalue weighted by Gasteiger charge is 2.21. The van der Waals surface area contributed by atoms with Crippen molar-refractivity contribution in [1.82, 2.24) is 19.8 Å². The first kappa shape index (κ1) is 21.1. The molecule has 0 saturated carbocycles. The lowest BCUT2D eigenvalue weighted by Gasteiger charge is -2.34. The minimum Gasteiger partial charge on any atom is -0.497 e. The van der Waals surface area contributed by atoms with Gasteiger partial charge in [-0.2, -0.15) is 0 Å². The summed E-state index contributed by atoms with van der Waals surface area (Å²) in [4.78, 5) is 13.8. The molecule has 2 heterocycles. The van der Waals surface area contributed by atoms with Crippen molar-refractivity contribution in [2.75, 3.05) is 46.6 Å². The van der Waals surface area contributed by atoms with Gasteiger partial charge in [0, 0.05) is 44.1 Å². The van der Waals surface area contributed by atoms with Crippen molar-refractivity contribution in [1.29, 1.82) is 0 Å². The number of ether oxygens (including phenoxy) is 1. The van der Waals surface area contributed by atoms with Gasteiger partial charge in [-0.3, -0.25) is 0 Å². The standard InChI is InChI=1S/C22H32N4OS/c1-25(16-20-13-23-22(28-3)24-14-20)15-19-5-4-11-26(17-19)12-10-18-6-8-21(27-2)9-7-18/h6-9,13-14,19H,4-5,10-12,15-17H2,1-3H3. The first-order valence-corrected chi connectivity index (χ1v) is 11.3. The molecule has 5 nitrogen and oxygen atoms in total. The second-order valence-electron chi connectivity index (χ2n) is 7.68. The van der Waals surface area contributed by atoms with Crippen LogP contribution in [0.5, 0.6) is 5.75 Å². The van der Waals surface area contributed by atoms with E-state index in [1.54, 1.807) is 18.9 Å². The Kier molecular flexibility index (Phi) is 8.13. The number of thioether (sulfide) groups is 1. The van der Waals surface area contributed by atoms with Crippen LogP contribution in [0.25, 0.3) is 0 Å². The van der Waals surface area contributed by atoms with Crippen LogP contribution in [0.15, 0.2) is 41.8 Å². The predicted octanol–water partition coefficient (Wildman–Crippen LogP) is 3.59. The number of piperidine rings is 1. The van der Waals surface area contributed by atoms with E-state index < -0.39 is 0 Å². The average molecular weight is 401 g/mol. The van der Waals surface area contributed by atoms with Gasteiger partial charge in [0.05, 0.1) is 7.11 Å². The van der Waals surface area contributed by atoms with Gasteiger partial charge in [-0.1, -0.05) is 23.9 Å². The van der Waals surface area contributed by atoms with Crippen LogP contribution in [0.1, 0.15) is 24.0 Å². The predicted molar refractivity (Wildman–Crippen MR) is 116 cm³/mol. The number of likely N-dealkylation sites (tertiary alicyclic amines) is 1. The molecule has 6 heteroatoms. The lowest BCUT2D eigenvalue weighted by Crippen LogP contribution is -2.40. The van der Waals surface area contributed by atoms with Crippen LogP contribution in [-0.4, -0.2) is 66.4 Å². The van der Waals surface area contributed by atoms with Gasteiger partial charge in [-0.25, -0.2) is 9.97 Å². The summed E-state index contributed by atoms with van der Waals surface area (Å²) in [5, 5.41) is 0.839. The Balaban J connectivity index is 1.43. The topological polar surface area (TPSA) is 41.5 Å². The van der Waals surface area contributed by atoms with Crippen molar-refractivity contribution in [3.8, 4) is 5.75 Å². The highest BCUT2D eigenvalue weighted by atomic mass is 32.2. The van der Waals surface area contributed by atoms with E-state index in [2.05, 4.69) is 51.1 Å². The number of rotatable bonds is 9. The van der Waals surface area contributed by atoms with Crippen LogP contribution in [-0.2, 0) is 13.0 Å². The molecule has 1 saturated heterocycles. The van der Waals surface area contributed by atoms with Gasteiger partial charge in [0.15, 0.2) is 5.16 Å². The zero-order valence-electron chi connectivity index (χ0n) is 17.3. The summed E-state index contributed by atoms with van der Waals surface area (Å²) in [6.45, 7) is 5.60. The van der Waals surface area contributed by atoms with Crippen molar-refractivity contribution >= 4 is 11.8 Å². The Bertz CT molecular complexity index is 707. The third kappa shape index (κ3) is 6.47. The molecule has 1 atom stereocenters. The smallest absolute Gasteiger partial charge is 0.187 e. The Morgan fingerprint density at radius 1 is 1.18 bits per heavy atom. The summed E-state index contributed by atoms with van der Waals surface area (Å²) in [6, 6.07) is 8.47. The molecule has 0 N–H and O–H groups in total. The molecule has 0 aliphatic carbocycles. The molecule has 28 heavy (non-hydrogen) atoms. The molecule has 1 fully saturated rings. The summed E-state index contributed by atoms with van der Waals surface area (Å²) >= 11 is 1.58. The fourth-order valence-corrected chi connectivity index (χ4v) is 4.25. The molecule has 0 amide bonds. The molecule has 0 spiro atoms. The Hall–Kier alpha value is -1.63. The van der Waals surface area contributed by atoms with E-state index in [9.17, 15) is 0 Å². The first-order valence-electron chi connectivity index (χ1n) is 10.0. The SMILES string of the molecule is COc1ccc(CCN2CCCC(CN(C)Cc3cnc(SC)nc3)C2)cc1. The van der Waals surface area contributed by atoms with Crippen LogP contribution in [0.2, 0.25) is 0 Å². The third-order valence-electron chi connectivity index (χ3n) is 5.37. The zero-order valence-corrected chi connectivity index (χ0v) is 18.1. The molecular weight excluding hydrogens is 368 g/mol. The van der Waals surface area contributed by atoms with Crippen LogP contribution >= 0.6 is 11.8 Å². The first-order chi connectivity index (χ1) is 13.7. The van der Waals surface area contributed by atoms with E-state index in [0.29, 0.717) is 0 Å². The number of nitrogens with zero attached hydrogens (tertiary/aromatic N) is 4. The third-order valence-corrected chi connectivity index (χ3v) is 5.94. The molecule has 1 aromatic carbocycles. The van der Waals surface area contributed by atoms with Crippen LogP contribution in [0.4, 0.5) is 0 Å². The molecule has 0 bridgehead atoms. The Labute approximate surface area is 173 Å². The second kappa shape index (κ2) is 10.8.